The van der Waals surface area contributed by atoms with Gasteiger partial charge in [-0.2, -0.15) is 0 Å². The zero-order valence-electron chi connectivity index (χ0n) is 10.5. The van der Waals surface area contributed by atoms with Crippen molar-refractivity contribution >= 4 is 16.9 Å². The monoisotopic (exact) mass is 268 g/mol. The summed E-state index contributed by atoms with van der Waals surface area (Å²) in [7, 11) is 0. The van der Waals surface area contributed by atoms with Crippen molar-refractivity contribution in [1.82, 2.24) is 20.0 Å². The number of fused-ring (bicyclic) bond motifs is 1. The predicted octanol–water partition coefficient (Wildman–Crippen LogP) is 1.60. The van der Waals surface area contributed by atoms with E-state index in [4.69, 9.17) is 5.21 Å². The van der Waals surface area contributed by atoms with Crippen LogP contribution in [0.4, 0.5) is 0 Å². The lowest BCUT2D eigenvalue weighted by Gasteiger charge is -2.06. The molecule has 3 aromatic heterocycles. The molecule has 3 aromatic rings. The van der Waals surface area contributed by atoms with E-state index in [1.54, 1.807) is 23.9 Å². The minimum atomic E-state index is -0.573. The number of rotatable bonds is 3. The van der Waals surface area contributed by atoms with Gasteiger partial charge in [0.15, 0.2) is 0 Å². The van der Waals surface area contributed by atoms with E-state index in [0.717, 1.165) is 16.6 Å². The van der Waals surface area contributed by atoms with Gasteiger partial charge in [0, 0.05) is 31.3 Å². The van der Waals surface area contributed by atoms with Gasteiger partial charge in [-0.15, -0.1) is 0 Å². The molecule has 0 radical (unpaired) electrons. The Morgan fingerprint density at radius 2 is 2.10 bits per heavy atom. The van der Waals surface area contributed by atoms with Gasteiger partial charge in [0.1, 0.15) is 0 Å². The third kappa shape index (κ3) is 2.24. The normalized spacial score (nSPS) is 10.7. The molecule has 3 rings (SSSR count). The summed E-state index contributed by atoms with van der Waals surface area (Å²) >= 11 is 0. The largest absolute Gasteiger partial charge is 0.342 e. The van der Waals surface area contributed by atoms with Gasteiger partial charge in [-0.1, -0.05) is 0 Å². The number of hydroxylamine groups is 1. The molecule has 0 aromatic carbocycles. The Bertz CT molecular complexity index is 752. The molecule has 6 nitrogen and oxygen atoms in total. The van der Waals surface area contributed by atoms with Gasteiger partial charge in [0.2, 0.25) is 0 Å². The van der Waals surface area contributed by atoms with Crippen molar-refractivity contribution in [3.8, 4) is 0 Å². The molecule has 2 N–H and O–H groups in total. The standard InChI is InChI=1S/C14H12N4O2/c19-14(17-20)11-7-13-12(16-8-11)3-6-18(13)9-10-1-4-15-5-2-10/h1-8,20H,9H2,(H,17,19). The molecule has 3 heterocycles. The van der Waals surface area contributed by atoms with E-state index in [2.05, 4.69) is 9.97 Å². The summed E-state index contributed by atoms with van der Waals surface area (Å²) in [5.41, 5.74) is 4.67. The average molecular weight is 268 g/mol. The lowest BCUT2D eigenvalue weighted by molar-refractivity contribution is 0.0706. The molecule has 0 fully saturated rings. The fourth-order valence-electron chi connectivity index (χ4n) is 2.07. The molecular formula is C14H12N4O2. The van der Waals surface area contributed by atoms with E-state index in [1.807, 2.05) is 29.0 Å². The second-order valence-electron chi connectivity index (χ2n) is 4.37. The van der Waals surface area contributed by atoms with Crippen LogP contribution < -0.4 is 5.48 Å². The van der Waals surface area contributed by atoms with Crippen molar-refractivity contribution in [2.75, 3.05) is 0 Å². The number of hydrogen-bond acceptors (Lipinski definition) is 4. The van der Waals surface area contributed by atoms with Crippen LogP contribution in [0.3, 0.4) is 0 Å². The lowest BCUT2D eigenvalue weighted by atomic mass is 10.2. The average Bonchev–Trinajstić information content (AvgIpc) is 2.90. The Balaban J connectivity index is 2.01. The number of aromatic nitrogens is 3. The first kappa shape index (κ1) is 12.3. The molecule has 0 aliphatic heterocycles. The highest BCUT2D eigenvalue weighted by atomic mass is 16.5. The summed E-state index contributed by atoms with van der Waals surface area (Å²) in [4.78, 5) is 19.6. The number of amides is 1. The van der Waals surface area contributed by atoms with Crippen molar-refractivity contribution < 1.29 is 10.0 Å². The molecule has 0 bridgehead atoms. The van der Waals surface area contributed by atoms with E-state index in [9.17, 15) is 4.79 Å². The van der Waals surface area contributed by atoms with Gasteiger partial charge in [-0.25, -0.2) is 5.48 Å². The Morgan fingerprint density at radius 1 is 1.30 bits per heavy atom. The molecule has 0 atom stereocenters. The van der Waals surface area contributed by atoms with Gasteiger partial charge >= 0.3 is 0 Å². The molecule has 0 spiro atoms. The first-order valence-corrected chi connectivity index (χ1v) is 6.06. The number of nitrogens with one attached hydrogen (secondary N) is 1. The summed E-state index contributed by atoms with van der Waals surface area (Å²) in [5, 5.41) is 8.67. The SMILES string of the molecule is O=C(NO)c1cnc2ccn(Cc3ccncc3)c2c1. The summed E-state index contributed by atoms with van der Waals surface area (Å²) < 4.78 is 1.99. The van der Waals surface area contributed by atoms with Crippen molar-refractivity contribution in [2.45, 2.75) is 6.54 Å². The van der Waals surface area contributed by atoms with Crippen LogP contribution in [0.5, 0.6) is 0 Å². The Hall–Kier alpha value is -2.73. The van der Waals surface area contributed by atoms with Crippen LogP contribution in [0.25, 0.3) is 11.0 Å². The highest BCUT2D eigenvalue weighted by Gasteiger charge is 2.09. The molecule has 0 unspecified atom stereocenters. The Labute approximate surface area is 114 Å². The minimum absolute atomic E-state index is 0.315. The highest BCUT2D eigenvalue weighted by Crippen LogP contribution is 2.16. The maximum Gasteiger partial charge on any atom is 0.276 e. The number of carbonyl (C=O) groups is 1. The second kappa shape index (κ2) is 5.10. The molecule has 1 amide bonds. The summed E-state index contributed by atoms with van der Waals surface area (Å²) in [6.07, 6.45) is 6.83. The fourth-order valence-corrected chi connectivity index (χ4v) is 2.07. The van der Waals surface area contributed by atoms with Crippen LogP contribution in [0.15, 0.2) is 49.1 Å². The third-order valence-corrected chi connectivity index (χ3v) is 3.09. The van der Waals surface area contributed by atoms with Crippen LogP contribution >= 0.6 is 0 Å². The van der Waals surface area contributed by atoms with E-state index < -0.39 is 5.91 Å². The Kier molecular flexibility index (Phi) is 3.14. The topological polar surface area (TPSA) is 80.0 Å². The van der Waals surface area contributed by atoms with Crippen LogP contribution in [-0.4, -0.2) is 25.6 Å². The molecule has 0 saturated carbocycles. The number of nitrogens with zero attached hydrogens (tertiary/aromatic N) is 3. The zero-order chi connectivity index (χ0) is 13.9. The van der Waals surface area contributed by atoms with Crippen LogP contribution in [-0.2, 0) is 6.54 Å². The van der Waals surface area contributed by atoms with Gasteiger partial charge in [-0.05, 0) is 29.8 Å². The maximum absolute atomic E-state index is 11.4. The van der Waals surface area contributed by atoms with Gasteiger partial charge < -0.3 is 4.57 Å². The molecule has 0 aliphatic carbocycles. The number of carbonyl (C=O) groups excluding carboxylic acids is 1. The second-order valence-corrected chi connectivity index (χ2v) is 4.37. The van der Waals surface area contributed by atoms with Gasteiger partial charge in [0.05, 0.1) is 16.6 Å². The molecule has 0 aliphatic rings. The van der Waals surface area contributed by atoms with Crippen molar-refractivity contribution in [3.63, 3.8) is 0 Å². The van der Waals surface area contributed by atoms with Crippen LogP contribution in [0.1, 0.15) is 15.9 Å². The molecule has 20 heavy (non-hydrogen) atoms. The first-order valence-electron chi connectivity index (χ1n) is 6.06. The van der Waals surface area contributed by atoms with Crippen molar-refractivity contribution in [1.29, 1.82) is 0 Å². The Morgan fingerprint density at radius 3 is 2.85 bits per heavy atom. The smallest absolute Gasteiger partial charge is 0.276 e. The van der Waals surface area contributed by atoms with E-state index in [0.29, 0.717) is 12.1 Å². The first-order chi connectivity index (χ1) is 9.78. The van der Waals surface area contributed by atoms with Crippen LogP contribution in [0.2, 0.25) is 0 Å². The summed E-state index contributed by atoms with van der Waals surface area (Å²) in [5.74, 6) is -0.573. The lowest BCUT2D eigenvalue weighted by Crippen LogP contribution is -2.18. The zero-order valence-corrected chi connectivity index (χ0v) is 10.5. The molecule has 0 saturated heterocycles. The fraction of sp³-hybridized carbons (Fsp3) is 0.0714. The van der Waals surface area contributed by atoms with Crippen molar-refractivity contribution in [2.24, 2.45) is 0 Å². The van der Waals surface area contributed by atoms with Gasteiger partial charge in [-0.3, -0.25) is 20.0 Å². The summed E-state index contributed by atoms with van der Waals surface area (Å²) in [6, 6.07) is 7.46. The number of pyridine rings is 2. The third-order valence-electron chi connectivity index (χ3n) is 3.09. The highest BCUT2D eigenvalue weighted by molar-refractivity contribution is 5.96. The van der Waals surface area contributed by atoms with E-state index in [-0.39, 0.29) is 0 Å². The molecule has 100 valence electrons. The summed E-state index contributed by atoms with van der Waals surface area (Å²) in [6.45, 7) is 0.665. The quantitative estimate of drug-likeness (QED) is 0.558. The minimum Gasteiger partial charge on any atom is -0.342 e. The van der Waals surface area contributed by atoms with Crippen molar-refractivity contribution in [3.05, 3.63) is 60.2 Å². The predicted molar refractivity (Wildman–Crippen MR) is 72.3 cm³/mol. The molecular weight excluding hydrogens is 256 g/mol. The molecule has 6 heteroatoms. The number of hydrogen-bond donors (Lipinski definition) is 2. The maximum atomic E-state index is 11.4. The van der Waals surface area contributed by atoms with Crippen LogP contribution in [0, 0.1) is 0 Å². The van der Waals surface area contributed by atoms with Gasteiger partial charge in [0.25, 0.3) is 5.91 Å². The van der Waals surface area contributed by atoms with E-state index in [1.165, 1.54) is 6.20 Å². The van der Waals surface area contributed by atoms with E-state index >= 15 is 0 Å².